The molecule has 0 spiro atoms. The number of aryl methyl sites for hydroxylation is 1. The molecule has 2 amide bonds. The van der Waals surface area contributed by atoms with E-state index in [4.69, 9.17) is 5.73 Å². The van der Waals surface area contributed by atoms with E-state index < -0.39 is 0 Å². The molecular weight excluding hydrogens is 326 g/mol. The number of amides is 2. The summed E-state index contributed by atoms with van der Waals surface area (Å²) < 4.78 is 0. The van der Waals surface area contributed by atoms with Crippen LogP contribution < -0.4 is 16.4 Å². The molecule has 1 aliphatic carbocycles. The largest absolute Gasteiger partial charge is 0.399 e. The van der Waals surface area contributed by atoms with E-state index in [0.29, 0.717) is 17.8 Å². The minimum Gasteiger partial charge on any atom is -0.399 e. The zero-order chi connectivity index (χ0) is 18.5. The SMILES string of the molecule is Cc1ccc(N)cc1C(=O)NCc1cccc(NC(=O)C2CCCC2)c1. The third-order valence-corrected chi connectivity index (χ3v) is 4.88. The second-order valence-corrected chi connectivity index (χ2v) is 6.93. The molecule has 0 saturated heterocycles. The van der Waals surface area contributed by atoms with Crippen molar-refractivity contribution in [1.82, 2.24) is 5.32 Å². The van der Waals surface area contributed by atoms with Gasteiger partial charge in [-0.15, -0.1) is 0 Å². The van der Waals surface area contributed by atoms with Crippen LogP contribution in [0.1, 0.15) is 47.2 Å². The molecule has 1 aliphatic rings. The smallest absolute Gasteiger partial charge is 0.251 e. The standard InChI is InChI=1S/C21H25N3O2/c1-14-9-10-17(22)12-19(14)21(26)23-13-15-5-4-8-18(11-15)24-20(25)16-6-2-3-7-16/h4-5,8-12,16H,2-3,6-7,13,22H2,1H3,(H,23,26)(H,24,25). The maximum Gasteiger partial charge on any atom is 0.251 e. The highest BCUT2D eigenvalue weighted by Gasteiger charge is 2.22. The van der Waals surface area contributed by atoms with Gasteiger partial charge >= 0.3 is 0 Å². The summed E-state index contributed by atoms with van der Waals surface area (Å²) in [7, 11) is 0. The summed E-state index contributed by atoms with van der Waals surface area (Å²) in [5.41, 5.74) is 9.51. The summed E-state index contributed by atoms with van der Waals surface area (Å²) in [5, 5.41) is 5.90. The summed E-state index contributed by atoms with van der Waals surface area (Å²) in [5.74, 6) is 0.0686. The van der Waals surface area contributed by atoms with E-state index in [1.54, 1.807) is 12.1 Å². The Bertz CT molecular complexity index is 811. The summed E-state index contributed by atoms with van der Waals surface area (Å²) in [6, 6.07) is 12.9. The molecule has 0 aromatic heterocycles. The minimum atomic E-state index is -0.157. The maximum absolute atomic E-state index is 12.4. The second kappa shape index (κ2) is 8.04. The van der Waals surface area contributed by atoms with E-state index in [1.165, 1.54) is 0 Å². The Morgan fingerprint density at radius 3 is 2.65 bits per heavy atom. The molecule has 0 radical (unpaired) electrons. The summed E-state index contributed by atoms with van der Waals surface area (Å²) in [6.45, 7) is 2.27. The number of benzene rings is 2. The van der Waals surface area contributed by atoms with E-state index in [1.807, 2.05) is 37.3 Å². The van der Waals surface area contributed by atoms with E-state index in [0.717, 1.165) is 42.5 Å². The predicted octanol–water partition coefficient (Wildman–Crippen LogP) is 3.64. The third kappa shape index (κ3) is 4.42. The topological polar surface area (TPSA) is 84.2 Å². The van der Waals surface area contributed by atoms with Gasteiger partial charge in [0.1, 0.15) is 0 Å². The highest BCUT2D eigenvalue weighted by atomic mass is 16.2. The molecule has 0 aliphatic heterocycles. The number of rotatable bonds is 5. The van der Waals surface area contributed by atoms with Gasteiger partial charge in [-0.25, -0.2) is 0 Å². The highest BCUT2D eigenvalue weighted by molar-refractivity contribution is 5.96. The molecular formula is C21H25N3O2. The van der Waals surface area contributed by atoms with Crippen LogP contribution in [-0.2, 0) is 11.3 Å². The molecule has 136 valence electrons. The molecule has 26 heavy (non-hydrogen) atoms. The number of carbonyl (C=O) groups excluding carboxylic acids is 2. The molecule has 1 fully saturated rings. The Labute approximate surface area is 154 Å². The molecule has 0 bridgehead atoms. The lowest BCUT2D eigenvalue weighted by molar-refractivity contribution is -0.119. The molecule has 3 rings (SSSR count). The van der Waals surface area contributed by atoms with Crippen molar-refractivity contribution in [2.75, 3.05) is 11.1 Å². The maximum atomic E-state index is 12.4. The molecule has 5 heteroatoms. The van der Waals surface area contributed by atoms with Gasteiger partial charge in [0.25, 0.3) is 5.91 Å². The van der Waals surface area contributed by atoms with Gasteiger partial charge in [0.2, 0.25) is 5.91 Å². The summed E-state index contributed by atoms with van der Waals surface area (Å²) in [6.07, 6.45) is 4.21. The van der Waals surface area contributed by atoms with Gasteiger partial charge in [0.05, 0.1) is 0 Å². The molecule has 0 heterocycles. The second-order valence-electron chi connectivity index (χ2n) is 6.93. The highest BCUT2D eigenvalue weighted by Crippen LogP contribution is 2.26. The lowest BCUT2D eigenvalue weighted by Gasteiger charge is -2.12. The van der Waals surface area contributed by atoms with Crippen LogP contribution >= 0.6 is 0 Å². The number of nitrogens with one attached hydrogen (secondary N) is 2. The van der Waals surface area contributed by atoms with E-state index in [-0.39, 0.29) is 17.7 Å². The van der Waals surface area contributed by atoms with Crippen LogP contribution in [0.4, 0.5) is 11.4 Å². The van der Waals surface area contributed by atoms with Gasteiger partial charge in [-0.3, -0.25) is 9.59 Å². The van der Waals surface area contributed by atoms with Crippen molar-refractivity contribution in [2.45, 2.75) is 39.2 Å². The normalized spacial score (nSPS) is 14.2. The Morgan fingerprint density at radius 2 is 1.88 bits per heavy atom. The number of hydrogen-bond donors (Lipinski definition) is 3. The third-order valence-electron chi connectivity index (χ3n) is 4.88. The van der Waals surface area contributed by atoms with Crippen LogP contribution in [0.5, 0.6) is 0 Å². The van der Waals surface area contributed by atoms with Gasteiger partial charge in [0, 0.05) is 29.4 Å². The molecule has 2 aromatic carbocycles. The van der Waals surface area contributed by atoms with Gasteiger partial charge in [-0.2, -0.15) is 0 Å². The number of nitrogen functional groups attached to an aromatic ring is 1. The first-order chi connectivity index (χ1) is 12.5. The molecule has 1 saturated carbocycles. The van der Waals surface area contributed by atoms with Crippen molar-refractivity contribution in [3.63, 3.8) is 0 Å². The van der Waals surface area contributed by atoms with Crippen LogP contribution in [0, 0.1) is 12.8 Å². The van der Waals surface area contributed by atoms with Crippen LogP contribution in [-0.4, -0.2) is 11.8 Å². The molecule has 0 atom stereocenters. The number of hydrogen-bond acceptors (Lipinski definition) is 3. The molecule has 0 unspecified atom stereocenters. The Kier molecular flexibility index (Phi) is 5.56. The number of nitrogens with two attached hydrogens (primary N) is 1. The van der Waals surface area contributed by atoms with Gasteiger partial charge < -0.3 is 16.4 Å². The van der Waals surface area contributed by atoms with Gasteiger partial charge in [-0.1, -0.05) is 31.0 Å². The van der Waals surface area contributed by atoms with Crippen molar-refractivity contribution in [3.05, 3.63) is 59.2 Å². The summed E-state index contributed by atoms with van der Waals surface area (Å²) >= 11 is 0. The average molecular weight is 351 g/mol. The van der Waals surface area contributed by atoms with Crippen molar-refractivity contribution in [2.24, 2.45) is 5.92 Å². The van der Waals surface area contributed by atoms with E-state index in [9.17, 15) is 9.59 Å². The van der Waals surface area contributed by atoms with Gasteiger partial charge in [0.15, 0.2) is 0 Å². The fourth-order valence-electron chi connectivity index (χ4n) is 3.35. The van der Waals surface area contributed by atoms with Crippen LogP contribution in [0.25, 0.3) is 0 Å². The fraction of sp³-hybridized carbons (Fsp3) is 0.333. The number of anilines is 2. The monoisotopic (exact) mass is 351 g/mol. The minimum absolute atomic E-state index is 0.0964. The van der Waals surface area contributed by atoms with Crippen molar-refractivity contribution >= 4 is 23.2 Å². The van der Waals surface area contributed by atoms with E-state index in [2.05, 4.69) is 10.6 Å². The zero-order valence-corrected chi connectivity index (χ0v) is 15.0. The summed E-state index contributed by atoms with van der Waals surface area (Å²) in [4.78, 5) is 24.6. The van der Waals surface area contributed by atoms with Crippen LogP contribution in [0.15, 0.2) is 42.5 Å². The van der Waals surface area contributed by atoms with E-state index >= 15 is 0 Å². The predicted molar refractivity (Wildman–Crippen MR) is 104 cm³/mol. The van der Waals surface area contributed by atoms with Gasteiger partial charge in [-0.05, 0) is 55.2 Å². The molecule has 4 N–H and O–H groups in total. The lowest BCUT2D eigenvalue weighted by Crippen LogP contribution is -2.24. The first-order valence-electron chi connectivity index (χ1n) is 9.07. The number of carbonyl (C=O) groups is 2. The average Bonchev–Trinajstić information content (AvgIpc) is 3.17. The van der Waals surface area contributed by atoms with Crippen molar-refractivity contribution in [3.8, 4) is 0 Å². The fourth-order valence-corrected chi connectivity index (χ4v) is 3.35. The van der Waals surface area contributed by atoms with Crippen molar-refractivity contribution in [1.29, 1.82) is 0 Å². The Hall–Kier alpha value is -2.82. The molecule has 2 aromatic rings. The zero-order valence-electron chi connectivity index (χ0n) is 15.0. The van der Waals surface area contributed by atoms with Crippen molar-refractivity contribution < 1.29 is 9.59 Å². The lowest BCUT2D eigenvalue weighted by atomic mass is 10.1. The Balaban J connectivity index is 1.60. The van der Waals surface area contributed by atoms with Crippen LogP contribution in [0.3, 0.4) is 0 Å². The first-order valence-corrected chi connectivity index (χ1v) is 9.07. The Morgan fingerprint density at radius 1 is 1.12 bits per heavy atom. The van der Waals surface area contributed by atoms with Crippen LogP contribution in [0.2, 0.25) is 0 Å². The molecule has 5 nitrogen and oxygen atoms in total. The quantitative estimate of drug-likeness (QED) is 0.719. The first kappa shape index (κ1) is 18.0.